The van der Waals surface area contributed by atoms with Gasteiger partial charge in [-0.05, 0) is 20.3 Å². The van der Waals surface area contributed by atoms with Crippen molar-refractivity contribution in [1.82, 2.24) is 10.6 Å². The highest BCUT2D eigenvalue weighted by atomic mass is 16.4. The predicted octanol–water partition coefficient (Wildman–Crippen LogP) is -0.691. The van der Waals surface area contributed by atoms with Crippen molar-refractivity contribution in [2.75, 3.05) is 13.1 Å². The molecule has 8 nitrogen and oxygen atoms in total. The Balaban J connectivity index is 3.67. The largest absolute Gasteiger partial charge is 0.410 e. The van der Waals surface area contributed by atoms with Crippen molar-refractivity contribution in [2.45, 2.75) is 20.3 Å². The molecule has 4 N–H and O–H groups in total. The maximum absolute atomic E-state index is 11.1. The molecule has 0 bridgehead atoms. The van der Waals surface area contributed by atoms with E-state index in [0.717, 1.165) is 0 Å². The molecular weight excluding hydrogens is 228 g/mol. The molecule has 0 saturated heterocycles. The SMILES string of the molecule is C/C(=N\O)C(=O)NCCCNC(=O)/C(C)=N/O. The highest BCUT2D eigenvalue weighted by Gasteiger charge is 2.06. The number of nitrogens with zero attached hydrogens (tertiary/aromatic N) is 2. The van der Waals surface area contributed by atoms with E-state index in [1.54, 1.807) is 0 Å². The molecule has 0 unspecified atom stereocenters. The third kappa shape index (κ3) is 6.13. The van der Waals surface area contributed by atoms with E-state index >= 15 is 0 Å². The summed E-state index contributed by atoms with van der Waals surface area (Å²) in [5, 5.41) is 27.1. The van der Waals surface area contributed by atoms with E-state index in [2.05, 4.69) is 20.9 Å². The third-order valence-electron chi connectivity index (χ3n) is 1.88. The monoisotopic (exact) mass is 244 g/mol. The average Bonchev–Trinajstić information content (AvgIpc) is 2.35. The number of carbonyl (C=O) groups excluding carboxylic acids is 2. The fourth-order valence-electron chi connectivity index (χ4n) is 0.839. The van der Waals surface area contributed by atoms with Crippen LogP contribution in [0.25, 0.3) is 0 Å². The fraction of sp³-hybridized carbons (Fsp3) is 0.556. The van der Waals surface area contributed by atoms with Gasteiger partial charge in [0.1, 0.15) is 11.4 Å². The van der Waals surface area contributed by atoms with Gasteiger partial charge in [0.15, 0.2) is 0 Å². The Kier molecular flexibility index (Phi) is 7.07. The second-order valence-electron chi connectivity index (χ2n) is 3.24. The van der Waals surface area contributed by atoms with Crippen LogP contribution in [0.2, 0.25) is 0 Å². The molecule has 2 amide bonds. The van der Waals surface area contributed by atoms with Gasteiger partial charge in [0.25, 0.3) is 11.8 Å². The van der Waals surface area contributed by atoms with E-state index in [1.165, 1.54) is 13.8 Å². The molecule has 0 aromatic carbocycles. The van der Waals surface area contributed by atoms with Gasteiger partial charge in [-0.2, -0.15) is 0 Å². The average molecular weight is 244 g/mol. The van der Waals surface area contributed by atoms with Gasteiger partial charge < -0.3 is 21.0 Å². The number of nitrogens with one attached hydrogen (secondary N) is 2. The number of hydrogen-bond donors (Lipinski definition) is 4. The predicted molar refractivity (Wildman–Crippen MR) is 60.4 cm³/mol. The summed E-state index contributed by atoms with van der Waals surface area (Å²) >= 11 is 0. The summed E-state index contributed by atoms with van der Waals surface area (Å²) < 4.78 is 0. The highest BCUT2D eigenvalue weighted by molar-refractivity contribution is 6.38. The quantitative estimate of drug-likeness (QED) is 0.214. The Labute approximate surface area is 98.4 Å². The van der Waals surface area contributed by atoms with Gasteiger partial charge in [0.2, 0.25) is 0 Å². The molecule has 0 aromatic rings. The molecule has 0 aromatic heterocycles. The highest BCUT2D eigenvalue weighted by Crippen LogP contribution is 1.80. The van der Waals surface area contributed by atoms with Gasteiger partial charge in [0.05, 0.1) is 0 Å². The van der Waals surface area contributed by atoms with Crippen LogP contribution in [0.4, 0.5) is 0 Å². The van der Waals surface area contributed by atoms with Crippen LogP contribution in [0.3, 0.4) is 0 Å². The molecule has 0 atom stereocenters. The van der Waals surface area contributed by atoms with E-state index in [4.69, 9.17) is 10.4 Å². The molecule has 8 heteroatoms. The minimum absolute atomic E-state index is 0.0303. The van der Waals surface area contributed by atoms with Gasteiger partial charge in [-0.1, -0.05) is 10.3 Å². The normalized spacial score (nSPS) is 12.1. The van der Waals surface area contributed by atoms with Gasteiger partial charge >= 0.3 is 0 Å². The summed E-state index contributed by atoms with van der Waals surface area (Å²) in [6, 6.07) is 0. The van der Waals surface area contributed by atoms with E-state index in [-0.39, 0.29) is 11.4 Å². The van der Waals surface area contributed by atoms with E-state index < -0.39 is 11.8 Å². The summed E-state index contributed by atoms with van der Waals surface area (Å²) in [4.78, 5) is 22.2. The lowest BCUT2D eigenvalue weighted by Gasteiger charge is -2.05. The number of hydrogen-bond acceptors (Lipinski definition) is 6. The van der Waals surface area contributed by atoms with E-state index in [1.807, 2.05) is 0 Å². The van der Waals surface area contributed by atoms with E-state index in [9.17, 15) is 9.59 Å². The molecule has 0 rings (SSSR count). The third-order valence-corrected chi connectivity index (χ3v) is 1.88. The topological polar surface area (TPSA) is 123 Å². The summed E-state index contributed by atoms with van der Waals surface area (Å²) in [5.74, 6) is -0.932. The Hall–Kier alpha value is -2.12. The first kappa shape index (κ1) is 14.9. The van der Waals surface area contributed by atoms with Crippen molar-refractivity contribution in [3.05, 3.63) is 0 Å². The van der Waals surface area contributed by atoms with Crippen LogP contribution in [0.1, 0.15) is 20.3 Å². The Morgan fingerprint density at radius 3 is 1.59 bits per heavy atom. The van der Waals surface area contributed by atoms with Crippen molar-refractivity contribution in [3.8, 4) is 0 Å². The molecule has 0 saturated carbocycles. The van der Waals surface area contributed by atoms with Crippen LogP contribution in [-0.4, -0.2) is 46.7 Å². The molecular formula is C9H16N4O4. The van der Waals surface area contributed by atoms with Crippen LogP contribution in [-0.2, 0) is 9.59 Å². The molecule has 17 heavy (non-hydrogen) atoms. The zero-order chi connectivity index (χ0) is 13.3. The molecule has 0 aliphatic carbocycles. The van der Waals surface area contributed by atoms with Crippen LogP contribution >= 0.6 is 0 Å². The van der Waals surface area contributed by atoms with E-state index in [0.29, 0.717) is 19.5 Å². The number of rotatable bonds is 6. The summed E-state index contributed by atoms with van der Waals surface area (Å²) in [6.07, 6.45) is 0.509. The first-order chi connectivity index (χ1) is 8.02. The minimum Gasteiger partial charge on any atom is -0.410 e. The minimum atomic E-state index is -0.466. The number of amides is 2. The number of oxime groups is 2. The van der Waals surface area contributed by atoms with Crippen LogP contribution in [0.15, 0.2) is 10.3 Å². The van der Waals surface area contributed by atoms with Gasteiger partial charge in [-0.15, -0.1) is 0 Å². The zero-order valence-electron chi connectivity index (χ0n) is 9.73. The van der Waals surface area contributed by atoms with Crippen molar-refractivity contribution in [2.24, 2.45) is 10.3 Å². The molecule has 0 radical (unpaired) electrons. The maximum Gasteiger partial charge on any atom is 0.268 e. The van der Waals surface area contributed by atoms with Crippen LogP contribution in [0.5, 0.6) is 0 Å². The van der Waals surface area contributed by atoms with Crippen molar-refractivity contribution < 1.29 is 20.0 Å². The second kappa shape index (κ2) is 8.08. The molecule has 0 fully saturated rings. The lowest BCUT2D eigenvalue weighted by molar-refractivity contribution is -0.115. The molecule has 0 heterocycles. The standard InChI is InChI=1S/C9H16N4O4/c1-6(12-16)8(14)10-4-3-5-11-9(15)7(2)13-17/h16-17H,3-5H2,1-2H3,(H,10,14)(H,11,15)/b12-6+,13-7+. The summed E-state index contributed by atoms with van der Waals surface area (Å²) in [6.45, 7) is 3.42. The molecule has 0 aliphatic rings. The van der Waals surface area contributed by atoms with Gasteiger partial charge in [-0.3, -0.25) is 9.59 Å². The molecule has 0 aliphatic heterocycles. The van der Waals surface area contributed by atoms with Crippen molar-refractivity contribution in [1.29, 1.82) is 0 Å². The summed E-state index contributed by atoms with van der Waals surface area (Å²) in [5.41, 5.74) is -0.0606. The van der Waals surface area contributed by atoms with Crippen molar-refractivity contribution >= 4 is 23.2 Å². The van der Waals surface area contributed by atoms with Gasteiger partial charge in [-0.25, -0.2) is 0 Å². The Bertz CT molecular complexity index is 306. The lowest BCUT2D eigenvalue weighted by Crippen LogP contribution is -2.34. The fourth-order valence-corrected chi connectivity index (χ4v) is 0.839. The van der Waals surface area contributed by atoms with Crippen LogP contribution in [0, 0.1) is 0 Å². The molecule has 0 spiro atoms. The summed E-state index contributed by atoms with van der Waals surface area (Å²) in [7, 11) is 0. The lowest BCUT2D eigenvalue weighted by atomic mass is 10.3. The Morgan fingerprint density at radius 2 is 1.29 bits per heavy atom. The molecule has 96 valence electrons. The zero-order valence-corrected chi connectivity index (χ0v) is 9.73. The first-order valence-electron chi connectivity index (χ1n) is 4.96. The van der Waals surface area contributed by atoms with Crippen molar-refractivity contribution in [3.63, 3.8) is 0 Å². The van der Waals surface area contributed by atoms with Gasteiger partial charge in [0, 0.05) is 13.1 Å². The smallest absolute Gasteiger partial charge is 0.268 e. The Morgan fingerprint density at radius 1 is 0.941 bits per heavy atom. The second-order valence-corrected chi connectivity index (χ2v) is 3.24. The maximum atomic E-state index is 11.1. The first-order valence-corrected chi connectivity index (χ1v) is 4.96. The van der Waals surface area contributed by atoms with Crippen LogP contribution < -0.4 is 10.6 Å². The number of carbonyl (C=O) groups is 2.